The van der Waals surface area contributed by atoms with Gasteiger partial charge in [0.05, 0.1) is 10.6 Å². The summed E-state index contributed by atoms with van der Waals surface area (Å²) in [4.78, 5) is 22.5. The van der Waals surface area contributed by atoms with Gasteiger partial charge in [0.2, 0.25) is 5.91 Å². The molecule has 0 atom stereocenters. The quantitative estimate of drug-likeness (QED) is 0.628. The summed E-state index contributed by atoms with van der Waals surface area (Å²) < 4.78 is 0. The second-order valence-corrected chi connectivity index (χ2v) is 4.72. The fourth-order valence-electron chi connectivity index (χ4n) is 1.51. The van der Waals surface area contributed by atoms with E-state index in [1.165, 1.54) is 12.1 Å². The van der Waals surface area contributed by atoms with Crippen LogP contribution in [0.1, 0.15) is 43.0 Å². The summed E-state index contributed by atoms with van der Waals surface area (Å²) in [5.74, 6) is -0.0514. The lowest BCUT2D eigenvalue weighted by atomic mass is 10.2. The standard InChI is InChI=1S/C13H15Cl2NO2/c1-2-3-4-5-12(17)16-9-6-7-10(13(15)18)11(14)8-9/h6-8H,2-5H2,1H3,(H,16,17). The highest BCUT2D eigenvalue weighted by molar-refractivity contribution is 6.68. The van der Waals surface area contributed by atoms with Crippen molar-refractivity contribution in [2.45, 2.75) is 32.6 Å². The molecule has 1 amide bonds. The summed E-state index contributed by atoms with van der Waals surface area (Å²) in [7, 11) is 0. The molecule has 0 radical (unpaired) electrons. The maximum atomic E-state index is 11.6. The number of benzene rings is 1. The van der Waals surface area contributed by atoms with E-state index in [1.807, 2.05) is 0 Å². The molecular weight excluding hydrogens is 273 g/mol. The average Bonchev–Trinajstić information content (AvgIpc) is 2.28. The molecule has 0 bridgehead atoms. The van der Waals surface area contributed by atoms with Crippen molar-refractivity contribution in [3.05, 3.63) is 28.8 Å². The van der Waals surface area contributed by atoms with Crippen molar-refractivity contribution in [1.82, 2.24) is 0 Å². The maximum Gasteiger partial charge on any atom is 0.253 e. The van der Waals surface area contributed by atoms with E-state index < -0.39 is 5.24 Å². The van der Waals surface area contributed by atoms with E-state index >= 15 is 0 Å². The van der Waals surface area contributed by atoms with Crippen LogP contribution in [0.4, 0.5) is 5.69 Å². The van der Waals surface area contributed by atoms with E-state index in [0.29, 0.717) is 12.1 Å². The largest absolute Gasteiger partial charge is 0.326 e. The van der Waals surface area contributed by atoms with Crippen LogP contribution in [0.25, 0.3) is 0 Å². The molecule has 1 N–H and O–H groups in total. The molecular formula is C13H15Cl2NO2. The Hall–Kier alpha value is -1.06. The average molecular weight is 288 g/mol. The van der Waals surface area contributed by atoms with Gasteiger partial charge in [-0.1, -0.05) is 31.4 Å². The Labute approximate surface area is 116 Å². The highest BCUT2D eigenvalue weighted by Gasteiger charge is 2.09. The zero-order valence-corrected chi connectivity index (χ0v) is 11.6. The van der Waals surface area contributed by atoms with Crippen molar-refractivity contribution in [2.75, 3.05) is 5.32 Å². The van der Waals surface area contributed by atoms with Crippen molar-refractivity contribution >= 4 is 40.0 Å². The summed E-state index contributed by atoms with van der Waals surface area (Å²) in [6.07, 6.45) is 3.47. The van der Waals surface area contributed by atoms with Crippen LogP contribution in [0.5, 0.6) is 0 Å². The Kier molecular flexibility index (Phi) is 6.16. The van der Waals surface area contributed by atoms with E-state index in [1.54, 1.807) is 6.07 Å². The maximum absolute atomic E-state index is 11.6. The molecule has 0 aliphatic carbocycles. The molecule has 0 heterocycles. The van der Waals surface area contributed by atoms with Crippen molar-refractivity contribution in [2.24, 2.45) is 0 Å². The minimum Gasteiger partial charge on any atom is -0.326 e. The lowest BCUT2D eigenvalue weighted by molar-refractivity contribution is -0.116. The predicted molar refractivity (Wildman–Crippen MR) is 74.4 cm³/mol. The van der Waals surface area contributed by atoms with Gasteiger partial charge in [-0.05, 0) is 36.2 Å². The molecule has 98 valence electrons. The van der Waals surface area contributed by atoms with Gasteiger partial charge in [-0.2, -0.15) is 0 Å². The smallest absolute Gasteiger partial charge is 0.253 e. The normalized spacial score (nSPS) is 10.2. The number of halogens is 2. The van der Waals surface area contributed by atoms with Gasteiger partial charge in [-0.25, -0.2) is 0 Å². The predicted octanol–water partition coefficient (Wildman–Crippen LogP) is 4.24. The minimum atomic E-state index is -0.610. The Morgan fingerprint density at radius 1 is 1.28 bits per heavy atom. The van der Waals surface area contributed by atoms with E-state index in [-0.39, 0.29) is 16.5 Å². The molecule has 3 nitrogen and oxygen atoms in total. The Morgan fingerprint density at radius 2 is 2.00 bits per heavy atom. The third kappa shape index (κ3) is 4.67. The monoisotopic (exact) mass is 287 g/mol. The fraction of sp³-hybridized carbons (Fsp3) is 0.385. The number of carbonyl (C=O) groups excluding carboxylic acids is 2. The van der Waals surface area contributed by atoms with Crippen molar-refractivity contribution in [1.29, 1.82) is 0 Å². The summed E-state index contributed by atoms with van der Waals surface area (Å²) >= 11 is 11.2. The molecule has 0 saturated carbocycles. The first-order chi connectivity index (χ1) is 8.54. The van der Waals surface area contributed by atoms with Gasteiger partial charge in [0, 0.05) is 12.1 Å². The van der Waals surface area contributed by atoms with Gasteiger partial charge in [0.15, 0.2) is 0 Å². The number of amides is 1. The molecule has 5 heteroatoms. The van der Waals surface area contributed by atoms with Crippen LogP contribution < -0.4 is 5.32 Å². The first-order valence-electron chi connectivity index (χ1n) is 5.83. The van der Waals surface area contributed by atoms with Gasteiger partial charge in [-0.3, -0.25) is 9.59 Å². The fourth-order valence-corrected chi connectivity index (χ4v) is 1.99. The van der Waals surface area contributed by atoms with Crippen LogP contribution in [-0.4, -0.2) is 11.1 Å². The minimum absolute atomic E-state index is 0.0514. The van der Waals surface area contributed by atoms with E-state index in [2.05, 4.69) is 12.2 Å². The number of hydrogen-bond donors (Lipinski definition) is 1. The summed E-state index contributed by atoms with van der Waals surface area (Å²) in [5.41, 5.74) is 0.811. The molecule has 0 aliphatic rings. The van der Waals surface area contributed by atoms with Gasteiger partial charge < -0.3 is 5.32 Å². The van der Waals surface area contributed by atoms with Gasteiger partial charge in [-0.15, -0.1) is 0 Å². The SMILES string of the molecule is CCCCCC(=O)Nc1ccc(C(=O)Cl)c(Cl)c1. The number of hydrogen-bond acceptors (Lipinski definition) is 2. The molecule has 0 spiro atoms. The number of unbranched alkanes of at least 4 members (excludes halogenated alkanes) is 2. The van der Waals surface area contributed by atoms with E-state index in [9.17, 15) is 9.59 Å². The Balaban J connectivity index is 2.60. The molecule has 0 aliphatic heterocycles. The first-order valence-corrected chi connectivity index (χ1v) is 6.59. The lowest BCUT2D eigenvalue weighted by Crippen LogP contribution is -2.11. The van der Waals surface area contributed by atoms with Crippen LogP contribution in [0.2, 0.25) is 5.02 Å². The number of nitrogens with one attached hydrogen (secondary N) is 1. The molecule has 0 fully saturated rings. The number of anilines is 1. The van der Waals surface area contributed by atoms with Gasteiger partial charge >= 0.3 is 0 Å². The Bertz CT molecular complexity index is 447. The molecule has 0 aromatic heterocycles. The zero-order valence-electron chi connectivity index (χ0n) is 10.1. The molecule has 18 heavy (non-hydrogen) atoms. The van der Waals surface area contributed by atoms with Crippen LogP contribution in [-0.2, 0) is 4.79 Å². The number of rotatable bonds is 6. The first kappa shape index (κ1) is 15.0. The van der Waals surface area contributed by atoms with Crippen molar-refractivity contribution < 1.29 is 9.59 Å². The van der Waals surface area contributed by atoms with Crippen molar-refractivity contribution in [3.63, 3.8) is 0 Å². The van der Waals surface area contributed by atoms with Crippen LogP contribution >= 0.6 is 23.2 Å². The molecule has 0 saturated heterocycles. The summed E-state index contributed by atoms with van der Waals surface area (Å²) in [5, 5.41) is 2.36. The van der Waals surface area contributed by atoms with Gasteiger partial charge in [0.1, 0.15) is 0 Å². The lowest BCUT2D eigenvalue weighted by Gasteiger charge is -2.06. The highest BCUT2D eigenvalue weighted by Crippen LogP contribution is 2.22. The zero-order chi connectivity index (χ0) is 13.5. The molecule has 0 unspecified atom stereocenters. The van der Waals surface area contributed by atoms with Crippen molar-refractivity contribution in [3.8, 4) is 0 Å². The summed E-state index contributed by atoms with van der Waals surface area (Å²) in [6.45, 7) is 2.08. The topological polar surface area (TPSA) is 46.2 Å². The molecule has 1 aromatic carbocycles. The van der Waals surface area contributed by atoms with Crippen LogP contribution in [0.15, 0.2) is 18.2 Å². The van der Waals surface area contributed by atoms with Crippen LogP contribution in [0, 0.1) is 0 Å². The third-order valence-corrected chi connectivity index (χ3v) is 2.99. The second-order valence-electron chi connectivity index (χ2n) is 3.97. The number of carbonyl (C=O) groups is 2. The van der Waals surface area contributed by atoms with Crippen LogP contribution in [0.3, 0.4) is 0 Å². The second kappa shape index (κ2) is 7.39. The molecule has 1 rings (SSSR count). The Morgan fingerprint density at radius 3 is 2.56 bits per heavy atom. The van der Waals surface area contributed by atoms with E-state index in [4.69, 9.17) is 23.2 Å². The third-order valence-electron chi connectivity index (χ3n) is 2.47. The van der Waals surface area contributed by atoms with Gasteiger partial charge in [0.25, 0.3) is 5.24 Å². The highest BCUT2D eigenvalue weighted by atomic mass is 35.5. The van der Waals surface area contributed by atoms with E-state index in [0.717, 1.165) is 19.3 Å². The summed E-state index contributed by atoms with van der Waals surface area (Å²) in [6, 6.07) is 4.63. The molecule has 1 aromatic rings.